The van der Waals surface area contributed by atoms with E-state index in [1.165, 1.54) is 18.2 Å². The Morgan fingerprint density at radius 2 is 1.36 bits per heavy atom. The summed E-state index contributed by atoms with van der Waals surface area (Å²) in [6.07, 6.45) is 1.68. The van der Waals surface area contributed by atoms with E-state index in [1.54, 1.807) is 18.3 Å². The lowest BCUT2D eigenvalue weighted by Crippen LogP contribution is -1.94. The third kappa shape index (κ3) is 1.92. The number of halogens is 2. The number of rotatable bonds is 1. The van der Waals surface area contributed by atoms with Gasteiger partial charge in [0.25, 0.3) is 0 Å². The van der Waals surface area contributed by atoms with E-state index >= 15 is 0 Å². The van der Waals surface area contributed by atoms with Gasteiger partial charge in [0.1, 0.15) is 11.6 Å². The molecule has 2 heterocycles. The Morgan fingerprint density at radius 3 is 2.14 bits per heavy atom. The van der Waals surface area contributed by atoms with Gasteiger partial charge >= 0.3 is 0 Å². The van der Waals surface area contributed by atoms with Crippen LogP contribution in [0.2, 0.25) is 0 Å². The molecule has 2 aromatic carbocycles. The molecule has 0 saturated heterocycles. The van der Waals surface area contributed by atoms with Crippen LogP contribution in [0.4, 0.5) is 8.78 Å². The van der Waals surface area contributed by atoms with Gasteiger partial charge in [-0.1, -0.05) is 30.3 Å². The first-order chi connectivity index (χ1) is 10.7. The van der Waals surface area contributed by atoms with E-state index in [-0.39, 0.29) is 11.3 Å². The second kappa shape index (κ2) is 4.84. The van der Waals surface area contributed by atoms with Gasteiger partial charge in [0.2, 0.25) is 0 Å². The van der Waals surface area contributed by atoms with Crippen LogP contribution >= 0.6 is 0 Å². The predicted molar refractivity (Wildman–Crippen MR) is 82.4 cm³/mol. The van der Waals surface area contributed by atoms with Gasteiger partial charge in [-0.25, -0.2) is 13.8 Å². The molecule has 0 fully saturated rings. The Hall–Kier alpha value is -2.88. The molecule has 2 nitrogen and oxygen atoms in total. The average molecular weight is 292 g/mol. The van der Waals surface area contributed by atoms with E-state index in [0.717, 1.165) is 16.3 Å². The molecule has 0 N–H and O–H groups in total. The van der Waals surface area contributed by atoms with Crippen molar-refractivity contribution < 1.29 is 8.78 Å². The minimum Gasteiger partial charge on any atom is -0.254 e. The number of benzene rings is 2. The van der Waals surface area contributed by atoms with Crippen molar-refractivity contribution in [3.05, 3.63) is 72.4 Å². The van der Waals surface area contributed by atoms with E-state index < -0.39 is 11.6 Å². The van der Waals surface area contributed by atoms with Gasteiger partial charge in [-0.3, -0.25) is 4.98 Å². The summed E-state index contributed by atoms with van der Waals surface area (Å²) in [5.74, 6) is -1.25. The number of nitrogens with zero attached hydrogens (tertiary/aromatic N) is 2. The fraction of sp³-hybridized carbons (Fsp3) is 0. The minimum absolute atomic E-state index is 0.114. The van der Waals surface area contributed by atoms with Gasteiger partial charge in [-0.15, -0.1) is 0 Å². The molecule has 0 spiro atoms. The number of hydrogen-bond donors (Lipinski definition) is 0. The monoisotopic (exact) mass is 292 g/mol. The van der Waals surface area contributed by atoms with Crippen molar-refractivity contribution in [2.45, 2.75) is 0 Å². The van der Waals surface area contributed by atoms with E-state index in [4.69, 9.17) is 0 Å². The smallest absolute Gasteiger partial charge is 0.135 e. The quantitative estimate of drug-likeness (QED) is 0.474. The third-order valence-corrected chi connectivity index (χ3v) is 3.65. The number of hydrogen-bond acceptors (Lipinski definition) is 2. The van der Waals surface area contributed by atoms with Crippen LogP contribution in [-0.2, 0) is 0 Å². The van der Waals surface area contributed by atoms with Crippen LogP contribution in [0.1, 0.15) is 0 Å². The van der Waals surface area contributed by atoms with Crippen molar-refractivity contribution in [2.75, 3.05) is 0 Å². The molecule has 0 aliphatic carbocycles. The Balaban J connectivity index is 2.07. The first-order valence-electron chi connectivity index (χ1n) is 6.83. The topological polar surface area (TPSA) is 25.8 Å². The molecule has 4 rings (SSSR count). The molecule has 0 unspecified atom stereocenters. The summed E-state index contributed by atoms with van der Waals surface area (Å²) in [5, 5.41) is 1.82. The van der Waals surface area contributed by atoms with Crippen molar-refractivity contribution in [3.63, 3.8) is 0 Å². The van der Waals surface area contributed by atoms with E-state index in [1.807, 2.05) is 24.3 Å². The summed E-state index contributed by atoms with van der Waals surface area (Å²) in [6.45, 7) is 0. The fourth-order valence-electron chi connectivity index (χ4n) is 2.61. The lowest BCUT2D eigenvalue weighted by atomic mass is 10.1. The van der Waals surface area contributed by atoms with Crippen LogP contribution in [0.5, 0.6) is 0 Å². The first kappa shape index (κ1) is 12.8. The van der Waals surface area contributed by atoms with Gasteiger partial charge in [0, 0.05) is 17.0 Å². The highest BCUT2D eigenvalue weighted by Crippen LogP contribution is 2.28. The Labute approximate surface area is 125 Å². The summed E-state index contributed by atoms with van der Waals surface area (Å²) in [7, 11) is 0. The van der Waals surface area contributed by atoms with Gasteiger partial charge in [0.15, 0.2) is 0 Å². The molecule has 0 saturated carbocycles. The molecular formula is C18H10F2N2. The molecular weight excluding hydrogens is 282 g/mol. The zero-order valence-electron chi connectivity index (χ0n) is 11.4. The maximum absolute atomic E-state index is 14.0. The standard InChI is InChI=1S/C18H10F2N2/c19-13-4-1-5-14(20)16(13)15-9-8-12-7-6-11-3-2-10-21-17(11)18(12)22-15/h1-10H. The molecule has 0 aliphatic heterocycles. The highest BCUT2D eigenvalue weighted by atomic mass is 19.1. The minimum atomic E-state index is -0.625. The summed E-state index contributed by atoms with van der Waals surface area (Å²) in [6, 6.07) is 14.9. The van der Waals surface area contributed by atoms with Crippen molar-refractivity contribution in [2.24, 2.45) is 0 Å². The number of aromatic nitrogens is 2. The molecule has 0 bridgehead atoms. The summed E-state index contributed by atoms with van der Waals surface area (Å²) >= 11 is 0. The molecule has 22 heavy (non-hydrogen) atoms. The fourth-order valence-corrected chi connectivity index (χ4v) is 2.61. The molecule has 2 aromatic heterocycles. The van der Waals surface area contributed by atoms with Crippen molar-refractivity contribution >= 4 is 21.8 Å². The van der Waals surface area contributed by atoms with Crippen molar-refractivity contribution in [1.82, 2.24) is 9.97 Å². The lowest BCUT2D eigenvalue weighted by molar-refractivity contribution is 0.589. The van der Waals surface area contributed by atoms with Crippen LogP contribution in [0.25, 0.3) is 33.1 Å². The highest BCUT2D eigenvalue weighted by Gasteiger charge is 2.13. The summed E-state index contributed by atoms with van der Waals surface area (Å²) < 4.78 is 27.9. The molecule has 4 aromatic rings. The van der Waals surface area contributed by atoms with E-state index in [2.05, 4.69) is 9.97 Å². The van der Waals surface area contributed by atoms with Crippen LogP contribution in [-0.4, -0.2) is 9.97 Å². The molecule has 4 heteroatoms. The highest BCUT2D eigenvalue weighted by molar-refractivity contribution is 6.03. The number of pyridine rings is 2. The second-order valence-corrected chi connectivity index (χ2v) is 5.01. The zero-order chi connectivity index (χ0) is 15.1. The zero-order valence-corrected chi connectivity index (χ0v) is 11.4. The second-order valence-electron chi connectivity index (χ2n) is 5.01. The van der Waals surface area contributed by atoms with Gasteiger partial charge in [-0.05, 0) is 24.3 Å². The Morgan fingerprint density at radius 1 is 0.682 bits per heavy atom. The average Bonchev–Trinajstić information content (AvgIpc) is 2.54. The van der Waals surface area contributed by atoms with Gasteiger partial charge in [0.05, 0.1) is 22.3 Å². The maximum Gasteiger partial charge on any atom is 0.135 e. The third-order valence-electron chi connectivity index (χ3n) is 3.65. The normalized spacial score (nSPS) is 11.2. The predicted octanol–water partition coefficient (Wildman–Crippen LogP) is 4.73. The van der Waals surface area contributed by atoms with Crippen LogP contribution in [0, 0.1) is 11.6 Å². The molecule has 0 radical (unpaired) electrons. The van der Waals surface area contributed by atoms with Crippen LogP contribution in [0.3, 0.4) is 0 Å². The first-order valence-corrected chi connectivity index (χ1v) is 6.83. The van der Waals surface area contributed by atoms with Crippen LogP contribution in [0.15, 0.2) is 60.8 Å². The molecule has 0 atom stereocenters. The van der Waals surface area contributed by atoms with E-state index in [0.29, 0.717) is 5.52 Å². The maximum atomic E-state index is 14.0. The lowest BCUT2D eigenvalue weighted by Gasteiger charge is -2.07. The molecule has 0 amide bonds. The Kier molecular flexibility index (Phi) is 2.82. The summed E-state index contributed by atoms with van der Waals surface area (Å²) in [4.78, 5) is 8.79. The van der Waals surface area contributed by atoms with Gasteiger partial charge < -0.3 is 0 Å². The number of fused-ring (bicyclic) bond motifs is 3. The van der Waals surface area contributed by atoms with Crippen molar-refractivity contribution in [1.29, 1.82) is 0 Å². The summed E-state index contributed by atoms with van der Waals surface area (Å²) in [5.41, 5.74) is 1.51. The largest absolute Gasteiger partial charge is 0.254 e. The van der Waals surface area contributed by atoms with Gasteiger partial charge in [-0.2, -0.15) is 0 Å². The Bertz CT molecular complexity index is 992. The van der Waals surface area contributed by atoms with E-state index in [9.17, 15) is 8.78 Å². The van der Waals surface area contributed by atoms with Crippen LogP contribution < -0.4 is 0 Å². The molecule has 106 valence electrons. The SMILES string of the molecule is Fc1cccc(F)c1-c1ccc2ccc3cccnc3c2n1. The molecule has 0 aliphatic rings. The van der Waals surface area contributed by atoms with Crippen molar-refractivity contribution in [3.8, 4) is 11.3 Å².